The molecule has 0 unspecified atom stereocenters. The lowest BCUT2D eigenvalue weighted by Crippen LogP contribution is -2.43. The summed E-state index contributed by atoms with van der Waals surface area (Å²) in [5.74, 6) is 0. The van der Waals surface area contributed by atoms with Gasteiger partial charge in [0.2, 0.25) is 0 Å². The van der Waals surface area contributed by atoms with Gasteiger partial charge in [-0.3, -0.25) is 0 Å². The van der Waals surface area contributed by atoms with Crippen molar-refractivity contribution in [3.63, 3.8) is 0 Å². The van der Waals surface area contributed by atoms with Gasteiger partial charge in [0, 0.05) is 31.2 Å². The van der Waals surface area contributed by atoms with Gasteiger partial charge >= 0.3 is 0 Å². The van der Waals surface area contributed by atoms with Gasteiger partial charge in [0.1, 0.15) is 0 Å². The van der Waals surface area contributed by atoms with Crippen molar-refractivity contribution in [2.75, 3.05) is 31.6 Å². The van der Waals surface area contributed by atoms with E-state index >= 15 is 0 Å². The van der Waals surface area contributed by atoms with E-state index in [2.05, 4.69) is 55.4 Å². The molecule has 2 rings (SSSR count). The zero-order valence-electron chi connectivity index (χ0n) is 14.1. The van der Waals surface area contributed by atoms with E-state index in [0.717, 1.165) is 6.54 Å². The summed E-state index contributed by atoms with van der Waals surface area (Å²) in [5.41, 5.74) is 3.15. The Morgan fingerprint density at radius 2 is 1.86 bits per heavy atom. The average Bonchev–Trinajstić information content (AvgIpc) is 2.71. The standard InChI is InChI=1S/C19H32N2/c1-4-20-15-19(12-7-5-6-8-13-19)16-21(3)18-11-9-10-17(2)14-18/h9-11,14,20H,4-8,12-13,15-16H2,1-3H3. The molecule has 0 amide bonds. The minimum absolute atomic E-state index is 0.449. The first-order valence-corrected chi connectivity index (χ1v) is 8.64. The van der Waals surface area contributed by atoms with E-state index in [0.29, 0.717) is 5.41 Å². The molecule has 1 aromatic rings. The zero-order valence-corrected chi connectivity index (χ0v) is 14.1. The van der Waals surface area contributed by atoms with E-state index in [1.807, 2.05) is 0 Å². The maximum Gasteiger partial charge on any atom is 0.0366 e. The van der Waals surface area contributed by atoms with Crippen LogP contribution >= 0.6 is 0 Å². The summed E-state index contributed by atoms with van der Waals surface area (Å²) in [6, 6.07) is 8.89. The van der Waals surface area contributed by atoms with E-state index in [1.54, 1.807) is 0 Å². The van der Waals surface area contributed by atoms with Gasteiger partial charge in [-0.1, -0.05) is 44.7 Å². The number of nitrogens with one attached hydrogen (secondary N) is 1. The number of aryl methyl sites for hydroxylation is 1. The van der Waals surface area contributed by atoms with Crippen LogP contribution in [0.2, 0.25) is 0 Å². The Bertz CT molecular complexity index is 419. The van der Waals surface area contributed by atoms with Crippen molar-refractivity contribution in [2.24, 2.45) is 5.41 Å². The summed E-state index contributed by atoms with van der Waals surface area (Å²) in [7, 11) is 2.26. The highest BCUT2D eigenvalue weighted by Gasteiger charge is 2.31. The molecule has 0 radical (unpaired) electrons. The van der Waals surface area contributed by atoms with Crippen LogP contribution in [-0.4, -0.2) is 26.7 Å². The van der Waals surface area contributed by atoms with Crippen molar-refractivity contribution < 1.29 is 0 Å². The van der Waals surface area contributed by atoms with Crippen LogP contribution in [0.1, 0.15) is 51.0 Å². The molecule has 0 spiro atoms. The normalized spacial score (nSPS) is 18.2. The topological polar surface area (TPSA) is 15.3 Å². The lowest BCUT2D eigenvalue weighted by Gasteiger charge is -2.38. The SMILES string of the molecule is CCNCC1(CN(C)c2cccc(C)c2)CCCCCC1. The quantitative estimate of drug-likeness (QED) is 0.781. The van der Waals surface area contributed by atoms with Crippen LogP contribution in [0.25, 0.3) is 0 Å². The molecule has 0 heterocycles. The maximum absolute atomic E-state index is 3.63. The van der Waals surface area contributed by atoms with Crippen LogP contribution in [-0.2, 0) is 0 Å². The van der Waals surface area contributed by atoms with Gasteiger partial charge in [-0.25, -0.2) is 0 Å². The van der Waals surface area contributed by atoms with Crippen LogP contribution < -0.4 is 10.2 Å². The summed E-state index contributed by atoms with van der Waals surface area (Å²) in [6.07, 6.45) is 8.37. The van der Waals surface area contributed by atoms with Gasteiger partial charge in [0.05, 0.1) is 0 Å². The molecule has 0 aliphatic heterocycles. The number of nitrogens with zero attached hydrogens (tertiary/aromatic N) is 1. The van der Waals surface area contributed by atoms with Gasteiger partial charge in [-0.15, -0.1) is 0 Å². The lowest BCUT2D eigenvalue weighted by atomic mass is 9.79. The summed E-state index contributed by atoms with van der Waals surface area (Å²) in [4.78, 5) is 2.47. The highest BCUT2D eigenvalue weighted by Crippen LogP contribution is 2.36. The third-order valence-corrected chi connectivity index (χ3v) is 4.93. The number of anilines is 1. The molecule has 1 N–H and O–H groups in total. The average molecular weight is 288 g/mol. The van der Waals surface area contributed by atoms with E-state index < -0.39 is 0 Å². The monoisotopic (exact) mass is 288 g/mol. The molecule has 1 aliphatic rings. The summed E-state index contributed by atoms with van der Waals surface area (Å²) < 4.78 is 0. The molecule has 1 saturated carbocycles. The van der Waals surface area contributed by atoms with Crippen molar-refractivity contribution in [2.45, 2.75) is 52.4 Å². The van der Waals surface area contributed by atoms with Crippen LogP contribution in [0.4, 0.5) is 5.69 Å². The van der Waals surface area contributed by atoms with Gasteiger partial charge in [0.25, 0.3) is 0 Å². The second-order valence-corrected chi connectivity index (χ2v) is 6.89. The van der Waals surface area contributed by atoms with Crippen molar-refractivity contribution in [1.82, 2.24) is 5.32 Å². The Hall–Kier alpha value is -1.02. The Morgan fingerprint density at radius 3 is 2.48 bits per heavy atom. The molecule has 1 aromatic carbocycles. The molecular formula is C19H32N2. The lowest BCUT2D eigenvalue weighted by molar-refractivity contribution is 0.241. The van der Waals surface area contributed by atoms with E-state index in [1.165, 1.54) is 62.9 Å². The molecule has 21 heavy (non-hydrogen) atoms. The second-order valence-electron chi connectivity index (χ2n) is 6.89. The summed E-state index contributed by atoms with van der Waals surface area (Å²) in [5, 5.41) is 3.63. The molecule has 0 aromatic heterocycles. The predicted octanol–water partition coefficient (Wildman–Crippen LogP) is 4.38. The molecule has 1 fully saturated rings. The van der Waals surface area contributed by atoms with Crippen molar-refractivity contribution in [1.29, 1.82) is 0 Å². The van der Waals surface area contributed by atoms with Crippen molar-refractivity contribution in [3.8, 4) is 0 Å². The molecule has 2 heteroatoms. The maximum atomic E-state index is 3.63. The van der Waals surface area contributed by atoms with Crippen molar-refractivity contribution in [3.05, 3.63) is 29.8 Å². The molecule has 1 aliphatic carbocycles. The van der Waals surface area contributed by atoms with Crippen LogP contribution in [0, 0.1) is 12.3 Å². The zero-order chi connectivity index (χ0) is 15.1. The summed E-state index contributed by atoms with van der Waals surface area (Å²) in [6.45, 7) is 7.81. The molecule has 0 atom stereocenters. The number of benzene rings is 1. The Kier molecular flexibility index (Phi) is 6.10. The third-order valence-electron chi connectivity index (χ3n) is 4.93. The Morgan fingerprint density at radius 1 is 1.14 bits per heavy atom. The first-order valence-electron chi connectivity index (χ1n) is 8.64. The van der Waals surface area contributed by atoms with Gasteiger partial charge in [-0.2, -0.15) is 0 Å². The molecule has 2 nitrogen and oxygen atoms in total. The van der Waals surface area contributed by atoms with Gasteiger partial charge < -0.3 is 10.2 Å². The van der Waals surface area contributed by atoms with Gasteiger partial charge in [0.15, 0.2) is 0 Å². The van der Waals surface area contributed by atoms with Crippen LogP contribution in [0.15, 0.2) is 24.3 Å². The van der Waals surface area contributed by atoms with Gasteiger partial charge in [-0.05, 0) is 44.0 Å². The number of rotatable bonds is 6. The fraction of sp³-hybridized carbons (Fsp3) is 0.684. The smallest absolute Gasteiger partial charge is 0.0366 e. The fourth-order valence-electron chi connectivity index (χ4n) is 3.72. The molecule has 118 valence electrons. The largest absolute Gasteiger partial charge is 0.374 e. The Balaban J connectivity index is 2.09. The minimum Gasteiger partial charge on any atom is -0.374 e. The highest BCUT2D eigenvalue weighted by molar-refractivity contribution is 5.47. The first kappa shape index (κ1) is 16.4. The summed E-state index contributed by atoms with van der Waals surface area (Å²) >= 11 is 0. The number of hydrogen-bond acceptors (Lipinski definition) is 2. The van der Waals surface area contributed by atoms with E-state index in [4.69, 9.17) is 0 Å². The highest BCUT2D eigenvalue weighted by atomic mass is 15.1. The minimum atomic E-state index is 0.449. The molecule has 0 bridgehead atoms. The Labute approximate surface area is 130 Å². The first-order chi connectivity index (χ1) is 10.2. The second kappa shape index (κ2) is 7.84. The van der Waals surface area contributed by atoms with E-state index in [-0.39, 0.29) is 0 Å². The third kappa shape index (κ3) is 4.74. The van der Waals surface area contributed by atoms with Crippen LogP contribution in [0.5, 0.6) is 0 Å². The van der Waals surface area contributed by atoms with Crippen molar-refractivity contribution >= 4 is 5.69 Å². The predicted molar refractivity (Wildman–Crippen MR) is 93.1 cm³/mol. The molecular weight excluding hydrogens is 256 g/mol. The van der Waals surface area contributed by atoms with E-state index in [9.17, 15) is 0 Å². The van der Waals surface area contributed by atoms with Crippen LogP contribution in [0.3, 0.4) is 0 Å². The molecule has 0 saturated heterocycles. The number of hydrogen-bond donors (Lipinski definition) is 1. The fourth-order valence-corrected chi connectivity index (χ4v) is 3.72.